The van der Waals surface area contributed by atoms with E-state index in [1.165, 1.54) is 65.7 Å². The molecule has 0 radical (unpaired) electrons. The molecule has 0 saturated heterocycles. The Morgan fingerprint density at radius 2 is 0.898 bits per heavy atom. The van der Waals surface area contributed by atoms with Crippen LogP contribution in [0.3, 0.4) is 0 Å². The molecule has 1 spiro atoms. The van der Waals surface area contributed by atoms with Crippen molar-refractivity contribution in [3.63, 3.8) is 0 Å². The number of nitrogens with zero attached hydrogens (tertiary/aromatic N) is 5. The summed E-state index contributed by atoms with van der Waals surface area (Å²) in [5.41, 5.74) is 12.5. The zero-order valence-corrected chi connectivity index (χ0v) is 31.6. The molecule has 0 bridgehead atoms. The first kappa shape index (κ1) is 31.2. The Kier molecular flexibility index (Phi) is 5.90. The van der Waals surface area contributed by atoms with Crippen molar-refractivity contribution in [3.8, 4) is 34.4 Å². The highest BCUT2D eigenvalue weighted by molar-refractivity contribution is 6.26. The summed E-state index contributed by atoms with van der Waals surface area (Å²) in [6.45, 7) is 0. The molecule has 0 N–H and O–H groups in total. The topological polar surface area (TPSA) is 48.5 Å². The van der Waals surface area contributed by atoms with Crippen LogP contribution >= 0.6 is 0 Å². The van der Waals surface area contributed by atoms with Gasteiger partial charge in [-0.15, -0.1) is 0 Å². The van der Waals surface area contributed by atoms with Crippen LogP contribution in [0, 0.1) is 0 Å². The first-order valence-electron chi connectivity index (χ1n) is 20.2. The normalized spacial score (nSPS) is 13.6. The van der Waals surface area contributed by atoms with E-state index in [9.17, 15) is 0 Å². The van der Waals surface area contributed by atoms with Gasteiger partial charge in [0, 0.05) is 27.1 Å². The fourth-order valence-electron chi connectivity index (χ4n) is 10.9. The Bertz CT molecular complexity index is 3750. The van der Waals surface area contributed by atoms with Crippen molar-refractivity contribution in [2.24, 2.45) is 0 Å². The lowest BCUT2D eigenvalue weighted by Crippen LogP contribution is -2.30. The number of hydrogen-bond donors (Lipinski definition) is 0. The van der Waals surface area contributed by atoms with Gasteiger partial charge >= 0.3 is 0 Å². The Morgan fingerprint density at radius 1 is 0.339 bits per heavy atom. The number of fused-ring (bicyclic) bond motifs is 11. The van der Waals surface area contributed by atoms with Gasteiger partial charge in [0.2, 0.25) is 11.9 Å². The Hall–Kier alpha value is -7.89. The highest BCUT2D eigenvalue weighted by atomic mass is 15.3. The summed E-state index contributed by atoms with van der Waals surface area (Å²) in [5.74, 6) is 1.78. The number of para-hydroxylation sites is 1. The lowest BCUT2D eigenvalue weighted by molar-refractivity contribution is 0.783. The van der Waals surface area contributed by atoms with Gasteiger partial charge in [-0.05, 0) is 85.3 Å². The Balaban J connectivity index is 1.13. The third-order valence-corrected chi connectivity index (χ3v) is 13.1. The molecule has 0 unspecified atom stereocenters. The average Bonchev–Trinajstić information content (AvgIpc) is 3.92. The summed E-state index contributed by atoms with van der Waals surface area (Å²) in [6, 6.07) is 68.2. The van der Waals surface area contributed by atoms with Crippen molar-refractivity contribution in [1.29, 1.82) is 0 Å². The van der Waals surface area contributed by atoms with E-state index in [0.717, 1.165) is 38.4 Å². The van der Waals surface area contributed by atoms with E-state index in [1.54, 1.807) is 0 Å². The molecular formula is C54H31N5. The fraction of sp³-hybridized carbons (Fsp3) is 0.0185. The molecule has 2 aliphatic carbocycles. The quantitative estimate of drug-likeness (QED) is 0.181. The zero-order valence-electron chi connectivity index (χ0n) is 31.6. The van der Waals surface area contributed by atoms with Crippen LogP contribution in [0.25, 0.3) is 99.6 Å². The second kappa shape index (κ2) is 11.2. The van der Waals surface area contributed by atoms with Crippen LogP contribution in [0.5, 0.6) is 0 Å². The van der Waals surface area contributed by atoms with Crippen molar-refractivity contribution < 1.29 is 0 Å². The van der Waals surface area contributed by atoms with Gasteiger partial charge in [-0.3, -0.25) is 9.13 Å². The van der Waals surface area contributed by atoms with Crippen LogP contribution in [-0.2, 0) is 5.41 Å². The average molecular weight is 750 g/mol. The van der Waals surface area contributed by atoms with Crippen molar-refractivity contribution in [2.75, 3.05) is 0 Å². The summed E-state index contributed by atoms with van der Waals surface area (Å²) in [6.07, 6.45) is 0. The minimum Gasteiger partial charge on any atom is -0.278 e. The minimum absolute atomic E-state index is 0.495. The van der Waals surface area contributed by atoms with Gasteiger partial charge in [0.1, 0.15) is 0 Å². The molecule has 2 aliphatic rings. The molecule has 3 aromatic heterocycles. The lowest BCUT2D eigenvalue weighted by atomic mass is 9.63. The maximum absolute atomic E-state index is 5.52. The standard InChI is InChI=1S/C54H31N5/c1-2-14-33(15-3-1)51-55-52(58-44-26-11-8-21-38(44)39-30-34-16-4-5-17-35(34)31-47(39)58)57-53(56-51)59-45-27-13-25-43-49(45)50-46(59)29-28-32-18-12-24-42(48(32)50)54(43)40-22-9-6-19-36(40)37-20-7-10-23-41(37)54/h1-31H. The van der Waals surface area contributed by atoms with E-state index < -0.39 is 5.41 Å². The number of benzene rings is 9. The van der Waals surface area contributed by atoms with Gasteiger partial charge in [-0.25, -0.2) is 0 Å². The van der Waals surface area contributed by atoms with Crippen molar-refractivity contribution >= 4 is 65.2 Å². The number of hydrogen-bond acceptors (Lipinski definition) is 3. The first-order chi connectivity index (χ1) is 29.3. The van der Waals surface area contributed by atoms with E-state index in [2.05, 4.69) is 179 Å². The van der Waals surface area contributed by atoms with E-state index in [0.29, 0.717) is 17.7 Å². The Labute approximate surface area is 338 Å². The summed E-state index contributed by atoms with van der Waals surface area (Å²) in [4.78, 5) is 16.2. The summed E-state index contributed by atoms with van der Waals surface area (Å²) >= 11 is 0. The second-order valence-electron chi connectivity index (χ2n) is 15.9. The summed E-state index contributed by atoms with van der Waals surface area (Å²) in [5, 5.41) is 9.68. The molecule has 0 fully saturated rings. The molecule has 0 amide bonds. The molecule has 0 atom stereocenters. The van der Waals surface area contributed by atoms with Gasteiger partial charge in [0.25, 0.3) is 0 Å². The zero-order chi connectivity index (χ0) is 38.4. The van der Waals surface area contributed by atoms with Crippen LogP contribution in [0.4, 0.5) is 0 Å². The third kappa shape index (κ3) is 3.87. The number of rotatable bonds is 3. The van der Waals surface area contributed by atoms with E-state index in [-0.39, 0.29) is 0 Å². The molecule has 0 aliphatic heterocycles. The van der Waals surface area contributed by atoms with Crippen LogP contribution in [-0.4, -0.2) is 24.1 Å². The summed E-state index contributed by atoms with van der Waals surface area (Å²) in [7, 11) is 0. The maximum Gasteiger partial charge on any atom is 0.240 e. The minimum atomic E-state index is -0.495. The molecule has 9 aromatic carbocycles. The van der Waals surface area contributed by atoms with Gasteiger partial charge in [-0.1, -0.05) is 158 Å². The predicted octanol–water partition coefficient (Wildman–Crippen LogP) is 12.7. The Morgan fingerprint density at radius 3 is 1.68 bits per heavy atom. The van der Waals surface area contributed by atoms with Crippen LogP contribution < -0.4 is 0 Å². The monoisotopic (exact) mass is 749 g/mol. The van der Waals surface area contributed by atoms with Gasteiger partial charge in [-0.2, -0.15) is 15.0 Å². The smallest absolute Gasteiger partial charge is 0.240 e. The third-order valence-electron chi connectivity index (χ3n) is 13.1. The molecule has 5 heteroatoms. The molecule has 3 heterocycles. The SMILES string of the molecule is c1ccc(-c2nc(-n3c4ccccc4c4cc5ccccc5cc43)nc(-n3c4cccc5c4c4c6c(cccc6ccc43)C53c4ccccc4-c4ccccc43)n2)cc1. The van der Waals surface area contributed by atoms with Crippen LogP contribution in [0.1, 0.15) is 22.3 Å². The van der Waals surface area contributed by atoms with Crippen molar-refractivity contribution in [1.82, 2.24) is 24.1 Å². The van der Waals surface area contributed by atoms with Crippen LogP contribution in [0.2, 0.25) is 0 Å². The molecule has 12 aromatic rings. The largest absolute Gasteiger partial charge is 0.278 e. The predicted molar refractivity (Wildman–Crippen MR) is 240 cm³/mol. The highest BCUT2D eigenvalue weighted by Crippen LogP contribution is 2.62. The van der Waals surface area contributed by atoms with E-state index in [4.69, 9.17) is 15.0 Å². The second-order valence-corrected chi connectivity index (χ2v) is 15.9. The lowest BCUT2D eigenvalue weighted by Gasteiger charge is -2.37. The first-order valence-corrected chi connectivity index (χ1v) is 20.2. The highest BCUT2D eigenvalue weighted by Gasteiger charge is 2.50. The molecule has 0 saturated carbocycles. The van der Waals surface area contributed by atoms with Gasteiger partial charge in [0.05, 0.1) is 27.5 Å². The van der Waals surface area contributed by atoms with Gasteiger partial charge < -0.3 is 0 Å². The molecular weight excluding hydrogens is 719 g/mol. The van der Waals surface area contributed by atoms with Gasteiger partial charge in [0.15, 0.2) is 5.82 Å². The van der Waals surface area contributed by atoms with E-state index >= 15 is 0 Å². The summed E-state index contributed by atoms with van der Waals surface area (Å²) < 4.78 is 4.51. The molecule has 14 rings (SSSR count). The fourth-order valence-corrected chi connectivity index (χ4v) is 10.9. The molecule has 59 heavy (non-hydrogen) atoms. The van der Waals surface area contributed by atoms with E-state index in [1.807, 2.05) is 18.2 Å². The molecule has 272 valence electrons. The maximum atomic E-state index is 5.52. The molecule has 5 nitrogen and oxygen atoms in total. The van der Waals surface area contributed by atoms with Crippen LogP contribution in [0.15, 0.2) is 188 Å². The number of aromatic nitrogens is 5. The van der Waals surface area contributed by atoms with Crippen molar-refractivity contribution in [2.45, 2.75) is 5.41 Å². The van der Waals surface area contributed by atoms with Crippen molar-refractivity contribution in [3.05, 3.63) is 210 Å².